The number of rotatable bonds is 8. The molecular weight excluding hydrogens is 420 g/mol. The standard InChI is InChI=1S/C22H22N2O6S/c1-4-30-17-10-9-14(11-18(17)29-3)12-19-21(26)24(22(27)31-19)13-20(25)23-15-7-5-6-8-16(15)28-2/h5-12H,4,13H2,1-3H3,(H,23,25)/b19-12-. The van der Waals surface area contributed by atoms with Crippen LogP contribution in [-0.4, -0.2) is 49.3 Å². The molecule has 31 heavy (non-hydrogen) atoms. The molecule has 3 amide bonds. The highest BCUT2D eigenvalue weighted by Crippen LogP contribution is 2.34. The van der Waals surface area contributed by atoms with Gasteiger partial charge in [-0.2, -0.15) is 0 Å². The maximum absolute atomic E-state index is 12.7. The Kier molecular flexibility index (Phi) is 7.19. The number of carbonyl (C=O) groups is 3. The van der Waals surface area contributed by atoms with Crippen LogP contribution < -0.4 is 19.5 Å². The second-order valence-corrected chi connectivity index (χ2v) is 7.35. The largest absolute Gasteiger partial charge is 0.495 e. The minimum absolute atomic E-state index is 0.223. The number of para-hydroxylation sites is 2. The van der Waals surface area contributed by atoms with Gasteiger partial charge < -0.3 is 19.5 Å². The smallest absolute Gasteiger partial charge is 0.294 e. The molecular formula is C22H22N2O6S. The van der Waals surface area contributed by atoms with Gasteiger partial charge in [0.1, 0.15) is 12.3 Å². The lowest BCUT2D eigenvalue weighted by Crippen LogP contribution is -2.36. The van der Waals surface area contributed by atoms with E-state index in [1.165, 1.54) is 14.2 Å². The monoisotopic (exact) mass is 442 g/mol. The number of hydrogen-bond acceptors (Lipinski definition) is 7. The highest BCUT2D eigenvalue weighted by Gasteiger charge is 2.36. The first-order valence-electron chi connectivity index (χ1n) is 9.46. The van der Waals surface area contributed by atoms with Gasteiger partial charge in [-0.1, -0.05) is 18.2 Å². The van der Waals surface area contributed by atoms with Gasteiger partial charge >= 0.3 is 0 Å². The number of ether oxygens (including phenoxy) is 3. The van der Waals surface area contributed by atoms with Gasteiger partial charge in [-0.3, -0.25) is 19.3 Å². The van der Waals surface area contributed by atoms with E-state index in [1.807, 2.05) is 6.92 Å². The third kappa shape index (κ3) is 5.18. The van der Waals surface area contributed by atoms with Crippen LogP contribution in [0.15, 0.2) is 47.4 Å². The van der Waals surface area contributed by atoms with Gasteiger partial charge in [-0.25, -0.2) is 0 Å². The van der Waals surface area contributed by atoms with Crippen molar-refractivity contribution in [2.75, 3.05) is 32.7 Å². The van der Waals surface area contributed by atoms with Crippen molar-refractivity contribution < 1.29 is 28.6 Å². The molecule has 0 atom stereocenters. The third-order valence-corrected chi connectivity index (χ3v) is 5.25. The minimum atomic E-state index is -0.530. The average Bonchev–Trinajstić information content (AvgIpc) is 3.02. The van der Waals surface area contributed by atoms with Gasteiger partial charge in [0.25, 0.3) is 11.1 Å². The average molecular weight is 442 g/mol. The van der Waals surface area contributed by atoms with Gasteiger partial charge in [-0.05, 0) is 54.6 Å². The number of nitrogens with one attached hydrogen (secondary N) is 1. The van der Waals surface area contributed by atoms with E-state index in [0.717, 1.165) is 16.7 Å². The molecule has 9 heteroatoms. The minimum Gasteiger partial charge on any atom is -0.495 e. The summed E-state index contributed by atoms with van der Waals surface area (Å²) in [5.41, 5.74) is 1.13. The molecule has 1 heterocycles. The molecule has 2 aromatic rings. The first-order valence-corrected chi connectivity index (χ1v) is 10.3. The Labute approximate surface area is 184 Å². The Bertz CT molecular complexity index is 1040. The van der Waals surface area contributed by atoms with Crippen LogP contribution in [0.25, 0.3) is 6.08 Å². The Morgan fingerprint density at radius 1 is 1.06 bits per heavy atom. The molecule has 0 spiro atoms. The topological polar surface area (TPSA) is 94.2 Å². The van der Waals surface area contributed by atoms with E-state index in [9.17, 15) is 14.4 Å². The molecule has 162 valence electrons. The molecule has 0 radical (unpaired) electrons. The van der Waals surface area contributed by atoms with Crippen molar-refractivity contribution in [1.29, 1.82) is 0 Å². The van der Waals surface area contributed by atoms with E-state index in [4.69, 9.17) is 14.2 Å². The Morgan fingerprint density at radius 3 is 2.52 bits per heavy atom. The molecule has 0 aromatic heterocycles. The summed E-state index contributed by atoms with van der Waals surface area (Å²) in [4.78, 5) is 38.6. The summed E-state index contributed by atoms with van der Waals surface area (Å²) < 4.78 is 16.0. The van der Waals surface area contributed by atoms with E-state index in [2.05, 4.69) is 5.32 Å². The highest BCUT2D eigenvalue weighted by molar-refractivity contribution is 8.18. The van der Waals surface area contributed by atoms with Crippen molar-refractivity contribution in [1.82, 2.24) is 4.90 Å². The molecule has 1 aliphatic heterocycles. The Hall–Kier alpha value is -3.46. The number of thioether (sulfide) groups is 1. The van der Waals surface area contributed by atoms with Crippen molar-refractivity contribution in [2.45, 2.75) is 6.92 Å². The fourth-order valence-corrected chi connectivity index (χ4v) is 3.76. The number of benzene rings is 2. The zero-order valence-corrected chi connectivity index (χ0v) is 18.2. The zero-order valence-electron chi connectivity index (χ0n) is 17.3. The van der Waals surface area contributed by atoms with Gasteiger partial charge in [0.2, 0.25) is 5.91 Å². The summed E-state index contributed by atoms with van der Waals surface area (Å²) >= 11 is 0.782. The maximum atomic E-state index is 12.7. The summed E-state index contributed by atoms with van der Waals surface area (Å²) in [6.45, 7) is 1.96. The number of anilines is 1. The van der Waals surface area contributed by atoms with Crippen LogP contribution in [0.1, 0.15) is 12.5 Å². The van der Waals surface area contributed by atoms with Crippen LogP contribution in [0, 0.1) is 0 Å². The van der Waals surface area contributed by atoms with Crippen molar-refractivity contribution in [2.24, 2.45) is 0 Å². The van der Waals surface area contributed by atoms with Crippen molar-refractivity contribution in [3.63, 3.8) is 0 Å². The molecule has 1 saturated heterocycles. The maximum Gasteiger partial charge on any atom is 0.294 e. The first kappa shape index (κ1) is 22.2. The zero-order chi connectivity index (χ0) is 22.4. The fraction of sp³-hybridized carbons (Fsp3) is 0.227. The van der Waals surface area contributed by atoms with Gasteiger partial charge in [0, 0.05) is 0 Å². The van der Waals surface area contributed by atoms with Crippen LogP contribution in [0.4, 0.5) is 10.5 Å². The molecule has 2 aromatic carbocycles. The number of nitrogens with zero attached hydrogens (tertiary/aromatic N) is 1. The van der Waals surface area contributed by atoms with Crippen LogP contribution >= 0.6 is 11.8 Å². The summed E-state index contributed by atoms with van der Waals surface area (Å²) in [5.74, 6) is 0.553. The lowest BCUT2D eigenvalue weighted by molar-refractivity contribution is -0.127. The molecule has 8 nitrogen and oxygen atoms in total. The molecule has 0 saturated carbocycles. The normalized spacial score (nSPS) is 14.7. The Balaban J connectivity index is 1.72. The quantitative estimate of drug-likeness (QED) is 0.622. The molecule has 1 N–H and O–H groups in total. The summed E-state index contributed by atoms with van der Waals surface area (Å²) in [5, 5.41) is 2.15. The number of imide groups is 1. The lowest BCUT2D eigenvalue weighted by Gasteiger charge is -2.14. The lowest BCUT2D eigenvalue weighted by atomic mass is 10.2. The van der Waals surface area contributed by atoms with Crippen molar-refractivity contribution >= 4 is 40.6 Å². The highest BCUT2D eigenvalue weighted by atomic mass is 32.2. The first-order chi connectivity index (χ1) is 15.0. The van der Waals surface area contributed by atoms with Gasteiger partial charge in [0.15, 0.2) is 11.5 Å². The van der Waals surface area contributed by atoms with E-state index in [0.29, 0.717) is 35.1 Å². The summed E-state index contributed by atoms with van der Waals surface area (Å²) in [6.07, 6.45) is 1.58. The molecule has 0 unspecified atom stereocenters. The van der Waals surface area contributed by atoms with E-state index in [1.54, 1.807) is 48.5 Å². The predicted molar refractivity (Wildman–Crippen MR) is 118 cm³/mol. The van der Waals surface area contributed by atoms with E-state index in [-0.39, 0.29) is 4.91 Å². The van der Waals surface area contributed by atoms with Crippen LogP contribution in [0.3, 0.4) is 0 Å². The second-order valence-electron chi connectivity index (χ2n) is 6.36. The van der Waals surface area contributed by atoms with Crippen LogP contribution in [-0.2, 0) is 9.59 Å². The molecule has 0 aliphatic carbocycles. The Morgan fingerprint density at radius 2 is 1.81 bits per heavy atom. The fourth-order valence-electron chi connectivity index (χ4n) is 2.92. The number of methoxy groups -OCH3 is 2. The van der Waals surface area contributed by atoms with Gasteiger partial charge in [-0.15, -0.1) is 0 Å². The van der Waals surface area contributed by atoms with E-state index < -0.39 is 23.6 Å². The third-order valence-electron chi connectivity index (χ3n) is 4.34. The van der Waals surface area contributed by atoms with Crippen LogP contribution in [0.2, 0.25) is 0 Å². The summed E-state index contributed by atoms with van der Waals surface area (Å²) in [6, 6.07) is 12.1. The SMILES string of the molecule is CCOc1ccc(/C=C2\SC(=O)N(CC(=O)Nc3ccccc3OC)C2=O)cc1OC. The second kappa shape index (κ2) is 10.0. The number of hydrogen-bond donors (Lipinski definition) is 1. The molecule has 0 bridgehead atoms. The van der Waals surface area contributed by atoms with E-state index >= 15 is 0 Å². The predicted octanol–water partition coefficient (Wildman–Crippen LogP) is 3.78. The number of carbonyl (C=O) groups excluding carboxylic acids is 3. The van der Waals surface area contributed by atoms with Crippen molar-refractivity contribution in [3.8, 4) is 17.2 Å². The molecule has 1 aliphatic rings. The van der Waals surface area contributed by atoms with Crippen molar-refractivity contribution in [3.05, 3.63) is 52.9 Å². The van der Waals surface area contributed by atoms with Crippen LogP contribution in [0.5, 0.6) is 17.2 Å². The molecule has 1 fully saturated rings. The summed E-state index contributed by atoms with van der Waals surface area (Å²) in [7, 11) is 3.01. The number of amides is 3. The van der Waals surface area contributed by atoms with Gasteiger partial charge in [0.05, 0.1) is 31.4 Å². The molecule has 3 rings (SSSR count).